The number of rotatable bonds is 5. The van der Waals surface area contributed by atoms with Crippen LogP contribution in [0.4, 0.5) is 4.79 Å². The molecule has 0 bridgehead atoms. The second kappa shape index (κ2) is 7.02. The van der Waals surface area contributed by atoms with Gasteiger partial charge >= 0.3 is 6.09 Å². The van der Waals surface area contributed by atoms with Crippen LogP contribution in [0.2, 0.25) is 0 Å². The zero-order valence-electron chi connectivity index (χ0n) is 12.4. The van der Waals surface area contributed by atoms with Crippen LogP contribution in [0.25, 0.3) is 0 Å². The topological polar surface area (TPSA) is 38.8 Å². The van der Waals surface area contributed by atoms with Crippen molar-refractivity contribution in [2.24, 2.45) is 0 Å². The van der Waals surface area contributed by atoms with Crippen molar-refractivity contribution in [3.8, 4) is 5.75 Å². The number of carbonyl (C=O) groups is 1. The summed E-state index contributed by atoms with van der Waals surface area (Å²) in [5.41, 5.74) is 2.35. The van der Waals surface area contributed by atoms with E-state index < -0.39 is 0 Å². The molecule has 0 saturated heterocycles. The lowest BCUT2D eigenvalue weighted by Gasteiger charge is -2.17. The molecule has 1 amide bonds. The fourth-order valence-corrected chi connectivity index (χ4v) is 1.86. The molecule has 0 aliphatic rings. The molecule has 0 aromatic heterocycles. The first kappa shape index (κ1) is 15.3. The average Bonchev–Trinajstić information content (AvgIpc) is 2.43. The van der Waals surface area contributed by atoms with Crippen molar-refractivity contribution in [3.63, 3.8) is 0 Å². The van der Waals surface area contributed by atoms with Crippen molar-refractivity contribution in [2.75, 3.05) is 27.8 Å². The molecule has 106 valence electrons. The van der Waals surface area contributed by atoms with E-state index in [1.807, 2.05) is 0 Å². The maximum Gasteiger partial charge on any atom is 0.409 e. The van der Waals surface area contributed by atoms with Gasteiger partial charge in [-0.2, -0.15) is 0 Å². The quantitative estimate of drug-likeness (QED) is 0.821. The summed E-state index contributed by atoms with van der Waals surface area (Å²) in [6.07, 6.45) is 0.422. The Morgan fingerprint density at radius 1 is 1.32 bits per heavy atom. The largest absolute Gasteiger partial charge is 0.496 e. The number of methoxy groups -OCH3 is 2. The third-order valence-corrected chi connectivity index (χ3v) is 3.18. The second-order valence-corrected chi connectivity index (χ2v) is 4.87. The number of hydrogen-bond acceptors (Lipinski definition) is 3. The Morgan fingerprint density at radius 2 is 2.00 bits per heavy atom. The van der Waals surface area contributed by atoms with Crippen molar-refractivity contribution in [2.45, 2.75) is 26.2 Å². The van der Waals surface area contributed by atoms with E-state index in [1.165, 1.54) is 12.7 Å². The average molecular weight is 265 g/mol. The predicted molar refractivity (Wildman–Crippen MR) is 75.8 cm³/mol. The van der Waals surface area contributed by atoms with Gasteiger partial charge in [0.15, 0.2) is 0 Å². The molecule has 0 heterocycles. The maximum atomic E-state index is 11.3. The van der Waals surface area contributed by atoms with E-state index in [1.54, 1.807) is 19.1 Å². The van der Waals surface area contributed by atoms with Crippen LogP contribution in [0.15, 0.2) is 18.2 Å². The fraction of sp³-hybridized carbons (Fsp3) is 0.533. The number of hydrogen-bond donors (Lipinski definition) is 0. The van der Waals surface area contributed by atoms with E-state index in [0.29, 0.717) is 12.5 Å². The van der Waals surface area contributed by atoms with Crippen LogP contribution >= 0.6 is 0 Å². The molecule has 0 aliphatic carbocycles. The number of nitrogens with zero attached hydrogens (tertiary/aromatic N) is 1. The van der Waals surface area contributed by atoms with Gasteiger partial charge in [-0.15, -0.1) is 0 Å². The van der Waals surface area contributed by atoms with Crippen molar-refractivity contribution in [1.29, 1.82) is 0 Å². The first-order valence-corrected chi connectivity index (χ1v) is 6.45. The van der Waals surface area contributed by atoms with Crippen LogP contribution in [0.1, 0.15) is 30.9 Å². The van der Waals surface area contributed by atoms with E-state index in [9.17, 15) is 4.79 Å². The minimum absolute atomic E-state index is 0.322. The zero-order valence-corrected chi connectivity index (χ0v) is 12.4. The van der Waals surface area contributed by atoms with E-state index in [4.69, 9.17) is 4.74 Å². The summed E-state index contributed by atoms with van der Waals surface area (Å²) in [6.45, 7) is 4.91. The van der Waals surface area contributed by atoms with E-state index >= 15 is 0 Å². The highest BCUT2D eigenvalue weighted by Crippen LogP contribution is 2.25. The van der Waals surface area contributed by atoms with Crippen LogP contribution in [0.3, 0.4) is 0 Å². The Hall–Kier alpha value is -1.71. The van der Waals surface area contributed by atoms with Gasteiger partial charge in [0.1, 0.15) is 5.75 Å². The van der Waals surface area contributed by atoms with Crippen LogP contribution in [-0.2, 0) is 11.2 Å². The van der Waals surface area contributed by atoms with Gasteiger partial charge < -0.3 is 14.4 Å². The molecule has 19 heavy (non-hydrogen) atoms. The smallest absolute Gasteiger partial charge is 0.409 e. The Kier molecular flexibility index (Phi) is 5.67. The summed E-state index contributed by atoms with van der Waals surface area (Å²) < 4.78 is 10.1. The summed E-state index contributed by atoms with van der Waals surface area (Å²) in [5.74, 6) is 1.35. The summed E-state index contributed by atoms with van der Waals surface area (Å²) in [4.78, 5) is 12.9. The van der Waals surface area contributed by atoms with E-state index in [2.05, 4.69) is 36.8 Å². The van der Waals surface area contributed by atoms with Crippen molar-refractivity contribution < 1.29 is 14.3 Å². The second-order valence-electron chi connectivity index (χ2n) is 4.87. The van der Waals surface area contributed by atoms with E-state index in [-0.39, 0.29) is 6.09 Å². The Labute approximate surface area is 115 Å². The molecule has 1 aromatic carbocycles. The fourth-order valence-electron chi connectivity index (χ4n) is 1.86. The monoisotopic (exact) mass is 265 g/mol. The Balaban J connectivity index is 2.76. The van der Waals surface area contributed by atoms with Gasteiger partial charge in [-0.05, 0) is 29.5 Å². The van der Waals surface area contributed by atoms with Gasteiger partial charge in [0.25, 0.3) is 0 Å². The molecule has 0 saturated carbocycles. The summed E-state index contributed by atoms with van der Waals surface area (Å²) in [7, 11) is 4.78. The number of carbonyl (C=O) groups excluding carboxylic acids is 1. The van der Waals surface area contributed by atoms with Gasteiger partial charge in [-0.3, -0.25) is 0 Å². The predicted octanol–water partition coefficient (Wildman–Crippen LogP) is 3.06. The van der Waals surface area contributed by atoms with Gasteiger partial charge in [0, 0.05) is 13.6 Å². The molecule has 4 nitrogen and oxygen atoms in total. The molecule has 0 fully saturated rings. The molecule has 0 spiro atoms. The minimum atomic E-state index is -0.322. The van der Waals surface area contributed by atoms with Gasteiger partial charge in [-0.1, -0.05) is 26.0 Å². The number of likely N-dealkylation sites (N-methyl/N-ethyl adjacent to an activating group) is 1. The molecule has 4 heteroatoms. The van der Waals surface area contributed by atoms with Crippen molar-refractivity contribution in [1.82, 2.24) is 4.90 Å². The highest BCUT2D eigenvalue weighted by atomic mass is 16.5. The summed E-state index contributed by atoms with van der Waals surface area (Å²) in [6, 6.07) is 6.25. The van der Waals surface area contributed by atoms with Gasteiger partial charge in [0.05, 0.1) is 14.2 Å². The molecule has 0 atom stereocenters. The number of ether oxygens (including phenoxy) is 2. The van der Waals surface area contributed by atoms with Crippen LogP contribution < -0.4 is 4.74 Å². The third-order valence-electron chi connectivity index (χ3n) is 3.18. The normalized spacial score (nSPS) is 10.4. The number of benzene rings is 1. The minimum Gasteiger partial charge on any atom is -0.496 e. The highest BCUT2D eigenvalue weighted by Gasteiger charge is 2.11. The van der Waals surface area contributed by atoms with Gasteiger partial charge in [0.2, 0.25) is 0 Å². The van der Waals surface area contributed by atoms with Crippen molar-refractivity contribution in [3.05, 3.63) is 29.3 Å². The molecular weight excluding hydrogens is 242 g/mol. The van der Waals surface area contributed by atoms with Crippen LogP contribution in [-0.4, -0.2) is 38.8 Å². The SMILES string of the molecule is COC(=O)N(C)CCc1ccc(C(C)C)cc1OC. The molecule has 0 unspecified atom stereocenters. The molecule has 1 rings (SSSR count). The Morgan fingerprint density at radius 3 is 2.53 bits per heavy atom. The van der Waals surface area contributed by atoms with Crippen LogP contribution in [0, 0.1) is 0 Å². The zero-order chi connectivity index (χ0) is 14.4. The Bertz CT molecular complexity index is 429. The van der Waals surface area contributed by atoms with E-state index in [0.717, 1.165) is 17.7 Å². The lowest BCUT2D eigenvalue weighted by Crippen LogP contribution is -2.28. The lowest BCUT2D eigenvalue weighted by atomic mass is 10.00. The first-order chi connectivity index (χ1) is 8.99. The van der Waals surface area contributed by atoms with Crippen LogP contribution in [0.5, 0.6) is 5.75 Å². The lowest BCUT2D eigenvalue weighted by molar-refractivity contribution is 0.134. The molecule has 0 radical (unpaired) electrons. The molecule has 0 N–H and O–H groups in total. The molecule has 1 aromatic rings. The maximum absolute atomic E-state index is 11.3. The summed E-state index contributed by atoms with van der Waals surface area (Å²) >= 11 is 0. The number of amides is 1. The van der Waals surface area contributed by atoms with Gasteiger partial charge in [-0.25, -0.2) is 4.79 Å². The third kappa shape index (κ3) is 4.16. The summed E-state index contributed by atoms with van der Waals surface area (Å²) in [5, 5.41) is 0. The van der Waals surface area contributed by atoms with Crippen molar-refractivity contribution >= 4 is 6.09 Å². The molecular formula is C15H23NO3. The standard InChI is InChI=1S/C15H23NO3/c1-11(2)13-7-6-12(14(10-13)18-4)8-9-16(3)15(17)19-5/h6-7,10-11H,8-9H2,1-5H3. The highest BCUT2D eigenvalue weighted by molar-refractivity contribution is 5.66. The molecule has 0 aliphatic heterocycles. The first-order valence-electron chi connectivity index (χ1n) is 6.45.